The van der Waals surface area contributed by atoms with Crippen LogP contribution in [-0.2, 0) is 0 Å². The number of hydrogen-bond donors (Lipinski definition) is 0. The van der Waals surface area contributed by atoms with Gasteiger partial charge in [-0.2, -0.15) is 0 Å². The number of hydrogen-bond acceptors (Lipinski definition) is 0. The molecule has 0 bridgehead atoms. The van der Waals surface area contributed by atoms with E-state index in [1.807, 2.05) is 0 Å². The molecule has 0 aromatic heterocycles. The molecular formula is I3SbSe. The van der Waals surface area contributed by atoms with Crippen molar-refractivity contribution in [2.45, 2.75) is 0 Å². The zero-order valence-corrected chi connectivity index (χ0v) is 12.7. The van der Waals surface area contributed by atoms with Crippen LogP contribution in [0.25, 0.3) is 0 Å². The van der Waals surface area contributed by atoms with E-state index in [9.17, 15) is 0 Å². The predicted octanol–water partition coefficient (Wildman–Crippen LogP) is 1.90. The molecule has 0 radical (unpaired) electrons. The standard InChI is InChI=1S/3HI.Sb.Se/h3*1H;;/q;;;+3;/p-3. The summed E-state index contributed by atoms with van der Waals surface area (Å²) < 4.78 is -1.32. The first-order valence-corrected chi connectivity index (χ1v) is 29.2. The van der Waals surface area contributed by atoms with Crippen LogP contribution in [0.15, 0.2) is 0 Å². The van der Waals surface area contributed by atoms with Crippen molar-refractivity contribution in [1.82, 2.24) is 0 Å². The van der Waals surface area contributed by atoms with Crippen LogP contribution in [0.3, 0.4) is 0 Å². The summed E-state index contributed by atoms with van der Waals surface area (Å²) >= 11 is 10.6. The van der Waals surface area contributed by atoms with E-state index in [1.165, 1.54) is 0 Å². The molecule has 0 saturated heterocycles. The van der Waals surface area contributed by atoms with Crippen molar-refractivity contribution < 1.29 is 0 Å². The molecule has 0 rings (SSSR count). The third-order valence-corrected chi connectivity index (χ3v) is 0. The van der Waals surface area contributed by atoms with Crippen molar-refractivity contribution in [3.8, 4) is 0 Å². The molecule has 0 aliphatic heterocycles. The fourth-order valence-electron chi connectivity index (χ4n) is 0. The fourth-order valence-corrected chi connectivity index (χ4v) is 0. The third-order valence-electron chi connectivity index (χ3n) is 0. The van der Waals surface area contributed by atoms with Gasteiger partial charge in [-0.25, -0.2) is 0 Å². The summed E-state index contributed by atoms with van der Waals surface area (Å²) in [5.41, 5.74) is 0. The molecule has 0 heterocycles. The van der Waals surface area contributed by atoms with Gasteiger partial charge in [0.05, 0.1) is 0 Å². The summed E-state index contributed by atoms with van der Waals surface area (Å²) in [6.45, 7) is 0. The zero-order valence-electron chi connectivity index (χ0n) is 1.99. The SMILES string of the molecule is [Se]=[Sb]([I])([I])[I]. The van der Waals surface area contributed by atoms with Crippen LogP contribution in [0.1, 0.15) is 0 Å². The summed E-state index contributed by atoms with van der Waals surface area (Å²) in [6.07, 6.45) is 0. The summed E-state index contributed by atoms with van der Waals surface area (Å²) in [6, 6.07) is 0. The van der Waals surface area contributed by atoms with Gasteiger partial charge in [0.1, 0.15) is 0 Å². The Kier molecular flexibility index (Phi) is 6.03. The van der Waals surface area contributed by atoms with Crippen molar-refractivity contribution in [2.75, 3.05) is 0 Å². The Morgan fingerprint density at radius 2 is 1.20 bits per heavy atom. The Hall–Kier alpha value is 3.53. The van der Waals surface area contributed by atoms with E-state index in [0.29, 0.717) is 0 Å². The molecule has 5 heteroatoms. The van der Waals surface area contributed by atoms with Gasteiger partial charge in [0.25, 0.3) is 0 Å². The second-order valence-corrected chi connectivity index (χ2v) is 106. The first-order valence-electron chi connectivity index (χ1n) is 0.690. The van der Waals surface area contributed by atoms with Crippen molar-refractivity contribution in [1.29, 1.82) is 0 Å². The Labute approximate surface area is 69.0 Å². The van der Waals surface area contributed by atoms with E-state index >= 15 is 0 Å². The molecule has 0 unspecified atom stereocenters. The van der Waals surface area contributed by atoms with Gasteiger partial charge in [-0.15, -0.1) is 0 Å². The van der Waals surface area contributed by atoms with E-state index in [-0.39, 0.29) is 0 Å². The molecule has 0 amide bonds. The summed E-state index contributed by atoms with van der Waals surface area (Å²) in [4.78, 5) is 0. The number of halogens is 3. The Bertz CT molecular complexity index is 53.0. The van der Waals surface area contributed by atoms with Gasteiger partial charge in [0, 0.05) is 0 Å². The first kappa shape index (κ1) is 8.53. The second kappa shape index (κ2) is 3.53. The Morgan fingerprint density at radius 3 is 1.20 bits per heavy atom. The summed E-state index contributed by atoms with van der Waals surface area (Å²) in [5.74, 6) is 0. The topological polar surface area (TPSA) is 0 Å². The average molecular weight is 581 g/mol. The van der Waals surface area contributed by atoms with Crippen LogP contribution >= 0.6 is 55.5 Å². The predicted molar refractivity (Wildman–Crippen MR) is 53.6 cm³/mol. The maximum absolute atomic E-state index is 3.14. The van der Waals surface area contributed by atoms with Crippen molar-refractivity contribution in [2.24, 2.45) is 0 Å². The van der Waals surface area contributed by atoms with Gasteiger partial charge in [-0.3, -0.25) is 0 Å². The van der Waals surface area contributed by atoms with Gasteiger partial charge in [0.15, 0.2) is 0 Å². The molecule has 0 atom stereocenters. The third kappa shape index (κ3) is 18.5. The second-order valence-electron chi connectivity index (χ2n) is 0.399. The van der Waals surface area contributed by atoms with Gasteiger partial charge in [-0.05, 0) is 0 Å². The molecule has 0 nitrogen and oxygen atoms in total. The zero-order chi connectivity index (χ0) is 4.50. The quantitative estimate of drug-likeness (QED) is 0.303. The van der Waals surface area contributed by atoms with E-state index < -0.39 is 3.88 Å². The van der Waals surface area contributed by atoms with Crippen LogP contribution in [0.5, 0.6) is 0 Å². The Balaban J connectivity index is 3.47. The Morgan fingerprint density at radius 1 is 1.20 bits per heavy atom. The molecule has 0 N–H and O–H groups in total. The van der Waals surface area contributed by atoms with Crippen molar-refractivity contribution >= 4 is 71.5 Å². The van der Waals surface area contributed by atoms with Crippen LogP contribution in [0, 0.1) is 0 Å². The van der Waals surface area contributed by atoms with Crippen LogP contribution in [0.2, 0.25) is 0 Å². The van der Waals surface area contributed by atoms with E-state index in [2.05, 4.69) is 67.6 Å². The molecule has 32 valence electrons. The average Bonchev–Trinajstić information content (AvgIpc) is 0.722. The molecular weight excluding hydrogens is 581 g/mol. The van der Waals surface area contributed by atoms with Crippen LogP contribution in [-0.4, -0.2) is 16.0 Å². The molecule has 0 saturated carbocycles. The first-order chi connectivity index (χ1) is 2.00. The fraction of sp³-hybridized carbons (Fsp3) is 0. The van der Waals surface area contributed by atoms with E-state index in [0.717, 1.165) is 0 Å². The van der Waals surface area contributed by atoms with Gasteiger partial charge in [0.2, 0.25) is 0 Å². The monoisotopic (exact) mass is 582 g/mol. The van der Waals surface area contributed by atoms with E-state index in [4.69, 9.17) is 0 Å². The molecule has 5 heavy (non-hydrogen) atoms. The normalized spacial score (nSPS) is 11.8. The minimum absolute atomic E-state index is 1.32. The summed E-state index contributed by atoms with van der Waals surface area (Å²) in [7, 11) is 0. The van der Waals surface area contributed by atoms with Crippen LogP contribution in [0.4, 0.5) is 0 Å². The van der Waals surface area contributed by atoms with Gasteiger partial charge >= 0.3 is 71.5 Å². The minimum atomic E-state index is -1.32. The van der Waals surface area contributed by atoms with E-state index in [1.54, 1.807) is 0 Å². The van der Waals surface area contributed by atoms with Crippen molar-refractivity contribution in [3.63, 3.8) is 0 Å². The molecule has 0 fully saturated rings. The molecule has 0 spiro atoms. The maximum atomic E-state index is 3.14. The molecule has 0 aliphatic rings. The molecule has 0 aliphatic carbocycles. The summed E-state index contributed by atoms with van der Waals surface area (Å²) in [5, 5.41) is 0. The number of rotatable bonds is 0. The molecule has 0 aromatic carbocycles. The van der Waals surface area contributed by atoms with Crippen molar-refractivity contribution in [3.05, 3.63) is 0 Å². The molecule has 0 aromatic rings. The van der Waals surface area contributed by atoms with Gasteiger partial charge < -0.3 is 0 Å². The van der Waals surface area contributed by atoms with Crippen LogP contribution < -0.4 is 0 Å². The van der Waals surface area contributed by atoms with Gasteiger partial charge in [-0.1, -0.05) is 0 Å².